The summed E-state index contributed by atoms with van der Waals surface area (Å²) < 4.78 is 5.22. The summed E-state index contributed by atoms with van der Waals surface area (Å²) in [6, 6.07) is -0.482. The van der Waals surface area contributed by atoms with Crippen molar-refractivity contribution in [1.82, 2.24) is 5.32 Å². The highest BCUT2D eigenvalue weighted by Gasteiger charge is 2.30. The molecule has 82 valence electrons. The predicted octanol–water partition coefficient (Wildman–Crippen LogP) is 0.265. The fourth-order valence-corrected chi connectivity index (χ4v) is 1.55. The van der Waals surface area contributed by atoms with Crippen molar-refractivity contribution in [3.63, 3.8) is 0 Å². The van der Waals surface area contributed by atoms with E-state index in [0.29, 0.717) is 0 Å². The van der Waals surface area contributed by atoms with Gasteiger partial charge in [0, 0.05) is 6.54 Å². The number of rotatable bonds is 2. The topological polar surface area (TPSA) is 64.3 Å². The van der Waals surface area contributed by atoms with Gasteiger partial charge >= 0.3 is 5.97 Å². The van der Waals surface area contributed by atoms with Crippen LogP contribution in [0.15, 0.2) is 0 Å². The van der Waals surface area contributed by atoms with E-state index in [2.05, 4.69) is 5.32 Å². The van der Waals surface area contributed by atoms with E-state index in [1.807, 2.05) is 20.8 Å². The van der Waals surface area contributed by atoms with Gasteiger partial charge in [-0.1, -0.05) is 0 Å². The Morgan fingerprint density at radius 1 is 1.57 bits per heavy atom. The monoisotopic (exact) mass is 200 g/mol. The maximum absolute atomic E-state index is 11.6. The summed E-state index contributed by atoms with van der Waals surface area (Å²) in [5.41, 5.74) is 5.37. The van der Waals surface area contributed by atoms with Crippen LogP contribution in [0.1, 0.15) is 27.2 Å². The molecule has 1 unspecified atom stereocenters. The second-order valence-corrected chi connectivity index (χ2v) is 4.81. The Bertz CT molecular complexity index is 205. The van der Waals surface area contributed by atoms with Crippen molar-refractivity contribution < 1.29 is 9.53 Å². The van der Waals surface area contributed by atoms with Gasteiger partial charge in [0.25, 0.3) is 0 Å². The zero-order chi connectivity index (χ0) is 10.8. The second kappa shape index (κ2) is 4.28. The van der Waals surface area contributed by atoms with Crippen LogP contribution in [0.3, 0.4) is 0 Å². The molecule has 14 heavy (non-hydrogen) atoms. The summed E-state index contributed by atoms with van der Waals surface area (Å²) in [6.07, 6.45) is 0.959. The zero-order valence-electron chi connectivity index (χ0n) is 9.17. The first kappa shape index (κ1) is 11.5. The molecule has 0 aromatic carbocycles. The molecule has 0 aliphatic carbocycles. The van der Waals surface area contributed by atoms with E-state index in [0.717, 1.165) is 19.5 Å². The zero-order valence-corrected chi connectivity index (χ0v) is 9.17. The normalized spacial score (nSPS) is 24.7. The predicted molar refractivity (Wildman–Crippen MR) is 54.8 cm³/mol. The number of hydrogen-bond acceptors (Lipinski definition) is 4. The summed E-state index contributed by atoms with van der Waals surface area (Å²) in [4.78, 5) is 11.6. The Morgan fingerprint density at radius 3 is 2.64 bits per heavy atom. The van der Waals surface area contributed by atoms with Gasteiger partial charge in [0.15, 0.2) is 0 Å². The van der Waals surface area contributed by atoms with E-state index in [-0.39, 0.29) is 11.9 Å². The first-order valence-electron chi connectivity index (χ1n) is 5.09. The summed E-state index contributed by atoms with van der Waals surface area (Å²) >= 11 is 0. The van der Waals surface area contributed by atoms with Crippen molar-refractivity contribution >= 4 is 5.97 Å². The number of esters is 1. The minimum absolute atomic E-state index is 0.227. The van der Waals surface area contributed by atoms with Gasteiger partial charge in [0.2, 0.25) is 0 Å². The average molecular weight is 200 g/mol. The maximum atomic E-state index is 11.6. The van der Waals surface area contributed by atoms with Gasteiger partial charge in [-0.15, -0.1) is 0 Å². The highest BCUT2D eigenvalue weighted by molar-refractivity contribution is 5.76. The van der Waals surface area contributed by atoms with Crippen molar-refractivity contribution in [2.45, 2.75) is 38.8 Å². The highest BCUT2D eigenvalue weighted by atomic mass is 16.6. The number of nitrogens with two attached hydrogens (primary N) is 1. The van der Waals surface area contributed by atoms with Crippen LogP contribution in [0.5, 0.6) is 0 Å². The molecule has 4 nitrogen and oxygen atoms in total. The molecule has 0 bridgehead atoms. The fourth-order valence-electron chi connectivity index (χ4n) is 1.55. The molecule has 1 saturated heterocycles. The molecule has 4 heteroatoms. The van der Waals surface area contributed by atoms with E-state index >= 15 is 0 Å². The van der Waals surface area contributed by atoms with Crippen molar-refractivity contribution in [1.29, 1.82) is 0 Å². The Kier molecular flexibility index (Phi) is 3.50. The molecular formula is C10H20N2O2. The lowest BCUT2D eigenvalue weighted by Gasteiger charge is -2.24. The van der Waals surface area contributed by atoms with Gasteiger partial charge < -0.3 is 15.8 Å². The quantitative estimate of drug-likeness (QED) is 0.628. The van der Waals surface area contributed by atoms with Gasteiger partial charge in [0.05, 0.1) is 0 Å². The molecule has 0 amide bonds. The largest absolute Gasteiger partial charge is 0.459 e. The molecule has 0 aromatic heterocycles. The molecule has 0 radical (unpaired) electrons. The van der Waals surface area contributed by atoms with Crippen LogP contribution in [-0.4, -0.2) is 30.7 Å². The SMILES string of the molecule is CC(C)(C)OC(=O)C(N)[C@H]1CCNC1. The fraction of sp³-hybridized carbons (Fsp3) is 0.900. The van der Waals surface area contributed by atoms with Crippen LogP contribution in [0.2, 0.25) is 0 Å². The van der Waals surface area contributed by atoms with E-state index in [9.17, 15) is 4.79 Å². The van der Waals surface area contributed by atoms with Gasteiger partial charge in [-0.05, 0) is 39.7 Å². The maximum Gasteiger partial charge on any atom is 0.323 e. The summed E-state index contributed by atoms with van der Waals surface area (Å²) in [5, 5.41) is 3.18. The number of carbonyl (C=O) groups is 1. The lowest BCUT2D eigenvalue weighted by atomic mass is 10.00. The average Bonchev–Trinajstić information content (AvgIpc) is 2.51. The molecule has 2 atom stereocenters. The summed E-state index contributed by atoms with van der Waals surface area (Å²) in [5.74, 6) is -0.0592. The molecule has 0 saturated carbocycles. The van der Waals surface area contributed by atoms with E-state index in [4.69, 9.17) is 10.5 Å². The van der Waals surface area contributed by atoms with Crippen LogP contribution in [-0.2, 0) is 9.53 Å². The molecule has 1 aliphatic heterocycles. The summed E-state index contributed by atoms with van der Waals surface area (Å²) in [6.45, 7) is 7.32. The van der Waals surface area contributed by atoms with Crippen LogP contribution < -0.4 is 11.1 Å². The molecule has 0 spiro atoms. The van der Waals surface area contributed by atoms with Crippen LogP contribution in [0, 0.1) is 5.92 Å². The Labute approximate surface area is 85.2 Å². The van der Waals surface area contributed by atoms with Crippen LogP contribution in [0.4, 0.5) is 0 Å². The first-order chi connectivity index (χ1) is 6.40. The van der Waals surface area contributed by atoms with E-state index < -0.39 is 11.6 Å². The molecule has 1 aliphatic rings. The number of nitrogens with one attached hydrogen (secondary N) is 1. The minimum atomic E-state index is -0.482. The van der Waals surface area contributed by atoms with Gasteiger partial charge in [0.1, 0.15) is 11.6 Å². The van der Waals surface area contributed by atoms with Crippen molar-refractivity contribution in [2.24, 2.45) is 11.7 Å². The van der Waals surface area contributed by atoms with Gasteiger partial charge in [-0.25, -0.2) is 0 Å². The Hall–Kier alpha value is -0.610. The minimum Gasteiger partial charge on any atom is -0.459 e. The van der Waals surface area contributed by atoms with E-state index in [1.165, 1.54) is 0 Å². The highest BCUT2D eigenvalue weighted by Crippen LogP contribution is 2.15. The van der Waals surface area contributed by atoms with Crippen LogP contribution >= 0.6 is 0 Å². The summed E-state index contributed by atoms with van der Waals surface area (Å²) in [7, 11) is 0. The third-order valence-corrected chi connectivity index (χ3v) is 2.29. The molecule has 3 N–H and O–H groups in total. The third-order valence-electron chi connectivity index (χ3n) is 2.29. The van der Waals surface area contributed by atoms with Crippen molar-refractivity contribution in [3.8, 4) is 0 Å². The molecular weight excluding hydrogens is 180 g/mol. The van der Waals surface area contributed by atoms with Crippen molar-refractivity contribution in [3.05, 3.63) is 0 Å². The number of ether oxygens (including phenoxy) is 1. The lowest BCUT2D eigenvalue weighted by molar-refractivity contribution is -0.157. The van der Waals surface area contributed by atoms with Gasteiger partial charge in [-0.3, -0.25) is 4.79 Å². The molecule has 1 fully saturated rings. The van der Waals surface area contributed by atoms with Crippen LogP contribution in [0.25, 0.3) is 0 Å². The first-order valence-corrected chi connectivity index (χ1v) is 5.09. The standard InChI is InChI=1S/C10H20N2O2/c1-10(2,3)14-9(13)8(11)7-4-5-12-6-7/h7-8,12H,4-6,11H2,1-3H3/t7-,8?/m0/s1. The number of carbonyl (C=O) groups excluding carboxylic acids is 1. The van der Waals surface area contributed by atoms with E-state index in [1.54, 1.807) is 0 Å². The third kappa shape index (κ3) is 3.27. The molecule has 1 rings (SSSR count). The Morgan fingerprint density at radius 2 is 2.21 bits per heavy atom. The Balaban J connectivity index is 2.43. The van der Waals surface area contributed by atoms with Gasteiger partial charge in [-0.2, -0.15) is 0 Å². The van der Waals surface area contributed by atoms with Crippen molar-refractivity contribution in [2.75, 3.05) is 13.1 Å². The smallest absolute Gasteiger partial charge is 0.323 e. The molecule has 1 heterocycles. The second-order valence-electron chi connectivity index (χ2n) is 4.81. The number of hydrogen-bond donors (Lipinski definition) is 2. The lowest BCUT2D eigenvalue weighted by Crippen LogP contribution is -2.43. The molecule has 0 aromatic rings.